The monoisotopic (exact) mass is 281 g/mol. The van der Waals surface area contributed by atoms with E-state index >= 15 is 0 Å². The van der Waals surface area contributed by atoms with E-state index in [-0.39, 0.29) is 5.91 Å². The lowest BCUT2D eigenvalue weighted by Crippen LogP contribution is -2.29. The number of nitrogens with one attached hydrogen (secondary N) is 1. The van der Waals surface area contributed by atoms with E-state index in [0.29, 0.717) is 18.7 Å². The number of amides is 1. The minimum Gasteiger partial charge on any atom is -0.366 e. The predicted octanol–water partition coefficient (Wildman–Crippen LogP) is 0.832. The molecule has 3 rings (SSSR count). The lowest BCUT2D eigenvalue weighted by molar-refractivity contribution is -0.114. The molecule has 2 aromatic rings. The van der Waals surface area contributed by atoms with Crippen molar-refractivity contribution in [1.82, 2.24) is 20.4 Å². The maximum atomic E-state index is 11.0. The maximum Gasteiger partial charge on any atom is 0.247 e. The molecule has 6 nitrogen and oxygen atoms in total. The van der Waals surface area contributed by atoms with Crippen molar-refractivity contribution in [3.05, 3.63) is 54.1 Å². The first-order valence-corrected chi connectivity index (χ1v) is 6.59. The Kier molecular flexibility index (Phi) is 3.61. The summed E-state index contributed by atoms with van der Waals surface area (Å²) in [5.41, 5.74) is 10.9. The van der Waals surface area contributed by atoms with Crippen LogP contribution in [-0.4, -0.2) is 34.0 Å². The van der Waals surface area contributed by atoms with Crippen molar-refractivity contribution in [1.29, 1.82) is 0 Å². The van der Waals surface area contributed by atoms with Crippen LogP contribution in [0, 0.1) is 0 Å². The molecular formula is C15H15N5O. The molecule has 1 aliphatic heterocycles. The number of hydrogen-bond donors (Lipinski definition) is 2. The summed E-state index contributed by atoms with van der Waals surface area (Å²) in [6, 6.07) is 6.01. The number of nitrogens with two attached hydrogens (primary N) is 1. The fourth-order valence-corrected chi connectivity index (χ4v) is 2.14. The number of nitrogens with zero attached hydrogens (tertiary/aromatic N) is 3. The number of hydrogen-bond acceptors (Lipinski definition) is 5. The standard InChI is InChI=1S/C15H15N5O/c16-15(21)13-8-19-20(9-13)5-1-2-11-3-4-14-12(6-11)7-17-10-18-14/h1-4,6-7,9-10,19H,5,8H2,(H2,16,21)/b2-1+. The number of fused-ring (bicyclic) bond motifs is 1. The lowest BCUT2D eigenvalue weighted by Gasteiger charge is -2.12. The SMILES string of the molecule is NC(=O)C1=CN(C/C=C/c2ccc3ncncc3c2)NC1. The number of primary amides is 1. The summed E-state index contributed by atoms with van der Waals surface area (Å²) in [5, 5.41) is 2.84. The molecule has 0 saturated heterocycles. The van der Waals surface area contributed by atoms with E-state index in [4.69, 9.17) is 5.73 Å². The van der Waals surface area contributed by atoms with Gasteiger partial charge < -0.3 is 10.7 Å². The second kappa shape index (κ2) is 5.72. The Bertz CT molecular complexity index is 738. The highest BCUT2D eigenvalue weighted by atomic mass is 16.1. The Labute approximate surface area is 122 Å². The molecule has 0 unspecified atom stereocenters. The van der Waals surface area contributed by atoms with Crippen molar-refractivity contribution in [3.8, 4) is 0 Å². The van der Waals surface area contributed by atoms with E-state index in [9.17, 15) is 4.79 Å². The van der Waals surface area contributed by atoms with E-state index in [0.717, 1.165) is 16.5 Å². The normalized spacial score (nSPS) is 14.9. The molecule has 1 aromatic carbocycles. The number of aromatic nitrogens is 2. The summed E-state index contributed by atoms with van der Waals surface area (Å²) >= 11 is 0. The minimum absolute atomic E-state index is 0.386. The van der Waals surface area contributed by atoms with Gasteiger partial charge in [-0.2, -0.15) is 0 Å². The van der Waals surface area contributed by atoms with Crippen LogP contribution in [0.2, 0.25) is 0 Å². The zero-order chi connectivity index (χ0) is 14.7. The van der Waals surface area contributed by atoms with Crippen molar-refractivity contribution >= 4 is 22.9 Å². The quantitative estimate of drug-likeness (QED) is 0.867. The van der Waals surface area contributed by atoms with E-state index < -0.39 is 0 Å². The van der Waals surface area contributed by atoms with Crippen LogP contribution in [0.3, 0.4) is 0 Å². The maximum absolute atomic E-state index is 11.0. The molecule has 0 radical (unpaired) electrons. The van der Waals surface area contributed by atoms with Gasteiger partial charge in [-0.3, -0.25) is 4.79 Å². The van der Waals surface area contributed by atoms with Gasteiger partial charge in [0.15, 0.2) is 0 Å². The van der Waals surface area contributed by atoms with Crippen molar-refractivity contribution in [2.75, 3.05) is 13.1 Å². The minimum atomic E-state index is -0.386. The molecule has 106 valence electrons. The zero-order valence-electron chi connectivity index (χ0n) is 11.4. The summed E-state index contributed by atoms with van der Waals surface area (Å²) in [7, 11) is 0. The first-order chi connectivity index (χ1) is 10.2. The van der Waals surface area contributed by atoms with Crippen LogP contribution in [-0.2, 0) is 4.79 Å². The lowest BCUT2D eigenvalue weighted by atomic mass is 10.1. The third-order valence-corrected chi connectivity index (χ3v) is 3.24. The van der Waals surface area contributed by atoms with Crippen molar-refractivity contribution < 1.29 is 4.79 Å². The molecule has 1 aromatic heterocycles. The average molecular weight is 281 g/mol. The molecule has 0 spiro atoms. The number of rotatable bonds is 4. The largest absolute Gasteiger partial charge is 0.366 e. The summed E-state index contributed by atoms with van der Waals surface area (Å²) in [6.07, 6.45) is 9.10. The summed E-state index contributed by atoms with van der Waals surface area (Å²) in [5.74, 6) is -0.386. The van der Waals surface area contributed by atoms with Gasteiger partial charge in [-0.25, -0.2) is 15.4 Å². The average Bonchev–Trinajstić information content (AvgIpc) is 2.96. The predicted molar refractivity (Wildman–Crippen MR) is 80.6 cm³/mol. The van der Waals surface area contributed by atoms with Gasteiger partial charge in [-0.05, 0) is 17.7 Å². The van der Waals surface area contributed by atoms with Gasteiger partial charge in [0.25, 0.3) is 0 Å². The zero-order valence-corrected chi connectivity index (χ0v) is 11.4. The van der Waals surface area contributed by atoms with Crippen molar-refractivity contribution in [2.45, 2.75) is 0 Å². The third kappa shape index (κ3) is 3.06. The first-order valence-electron chi connectivity index (χ1n) is 6.59. The molecular weight excluding hydrogens is 266 g/mol. The fraction of sp³-hybridized carbons (Fsp3) is 0.133. The highest BCUT2D eigenvalue weighted by molar-refractivity contribution is 5.92. The topological polar surface area (TPSA) is 84.1 Å². The first kappa shape index (κ1) is 13.3. The van der Waals surface area contributed by atoms with E-state index in [1.54, 1.807) is 18.7 Å². The third-order valence-electron chi connectivity index (χ3n) is 3.24. The summed E-state index contributed by atoms with van der Waals surface area (Å²) in [6.45, 7) is 1.14. The number of carbonyl (C=O) groups excluding carboxylic acids is 1. The van der Waals surface area contributed by atoms with E-state index in [1.807, 2.05) is 35.4 Å². The second-order valence-corrected chi connectivity index (χ2v) is 4.75. The second-order valence-electron chi connectivity index (χ2n) is 4.75. The van der Waals surface area contributed by atoms with Gasteiger partial charge in [0, 0.05) is 29.9 Å². The highest BCUT2D eigenvalue weighted by Crippen LogP contribution is 2.13. The van der Waals surface area contributed by atoms with Crippen molar-refractivity contribution in [3.63, 3.8) is 0 Å². The molecule has 0 fully saturated rings. The van der Waals surface area contributed by atoms with Crippen LogP contribution < -0.4 is 11.2 Å². The molecule has 0 atom stereocenters. The van der Waals surface area contributed by atoms with Gasteiger partial charge in [0.2, 0.25) is 5.91 Å². The molecule has 0 saturated carbocycles. The number of benzene rings is 1. The summed E-state index contributed by atoms with van der Waals surface area (Å²) in [4.78, 5) is 19.2. The molecule has 2 heterocycles. The fourth-order valence-electron chi connectivity index (χ4n) is 2.14. The number of hydrazine groups is 1. The molecule has 1 aliphatic rings. The van der Waals surface area contributed by atoms with Gasteiger partial charge in [-0.15, -0.1) is 0 Å². The molecule has 1 amide bonds. The van der Waals surface area contributed by atoms with Crippen LogP contribution >= 0.6 is 0 Å². The molecule has 0 bridgehead atoms. The van der Waals surface area contributed by atoms with Crippen LogP contribution in [0.15, 0.2) is 48.6 Å². The summed E-state index contributed by atoms with van der Waals surface area (Å²) < 4.78 is 0. The van der Waals surface area contributed by atoms with Crippen molar-refractivity contribution in [2.24, 2.45) is 5.73 Å². The molecule has 21 heavy (non-hydrogen) atoms. The Balaban J connectivity index is 1.67. The highest BCUT2D eigenvalue weighted by Gasteiger charge is 2.14. The van der Waals surface area contributed by atoms with Crippen LogP contribution in [0.1, 0.15) is 5.56 Å². The van der Waals surface area contributed by atoms with E-state index in [2.05, 4.69) is 15.4 Å². The van der Waals surface area contributed by atoms with Gasteiger partial charge in [0.05, 0.1) is 12.1 Å². The Morgan fingerprint density at radius 1 is 1.48 bits per heavy atom. The van der Waals surface area contributed by atoms with Gasteiger partial charge in [-0.1, -0.05) is 18.2 Å². The van der Waals surface area contributed by atoms with Crippen LogP contribution in [0.25, 0.3) is 17.0 Å². The van der Waals surface area contributed by atoms with Gasteiger partial charge >= 0.3 is 0 Å². The smallest absolute Gasteiger partial charge is 0.247 e. The Morgan fingerprint density at radius 2 is 2.38 bits per heavy atom. The molecule has 6 heteroatoms. The van der Waals surface area contributed by atoms with Crippen LogP contribution in [0.5, 0.6) is 0 Å². The molecule has 0 aliphatic carbocycles. The van der Waals surface area contributed by atoms with E-state index in [1.165, 1.54) is 0 Å². The molecule has 3 N–H and O–H groups in total. The Morgan fingerprint density at radius 3 is 3.19 bits per heavy atom. The Hall–Kier alpha value is -2.73. The van der Waals surface area contributed by atoms with Crippen LogP contribution in [0.4, 0.5) is 0 Å². The van der Waals surface area contributed by atoms with Gasteiger partial charge in [0.1, 0.15) is 6.33 Å². The number of carbonyl (C=O) groups is 1.